The molecule has 26 heavy (non-hydrogen) atoms. The summed E-state index contributed by atoms with van der Waals surface area (Å²) >= 11 is 1.47. The van der Waals surface area contributed by atoms with Gasteiger partial charge >= 0.3 is 0 Å². The lowest BCUT2D eigenvalue weighted by atomic mass is 10.2. The van der Waals surface area contributed by atoms with Crippen LogP contribution in [0.2, 0.25) is 0 Å². The maximum atomic E-state index is 12.9. The summed E-state index contributed by atoms with van der Waals surface area (Å²) in [5, 5.41) is 2.71. The summed E-state index contributed by atoms with van der Waals surface area (Å²) in [6.45, 7) is 1.47. The average molecular weight is 399 g/mol. The number of nitrogens with zero attached hydrogens (tertiary/aromatic N) is 2. The van der Waals surface area contributed by atoms with Crippen LogP contribution in [0, 0.1) is 0 Å². The highest BCUT2D eigenvalue weighted by atomic mass is 32.2. The Kier molecular flexibility index (Phi) is 6.17. The number of carbonyl (C=O) groups excluding carboxylic acids is 2. The van der Waals surface area contributed by atoms with Crippen LogP contribution < -0.4 is 5.32 Å². The molecule has 2 saturated heterocycles. The van der Waals surface area contributed by atoms with Crippen molar-refractivity contribution in [2.45, 2.75) is 11.4 Å². The molecule has 0 bridgehead atoms. The Morgan fingerprint density at radius 1 is 1.23 bits per heavy atom. The van der Waals surface area contributed by atoms with Crippen molar-refractivity contribution >= 4 is 33.6 Å². The molecular weight excluding hydrogens is 378 g/mol. The molecule has 0 aliphatic carbocycles. The quantitative estimate of drug-likeness (QED) is 0.715. The number of carbonyl (C=O) groups is 2. The van der Waals surface area contributed by atoms with Gasteiger partial charge in [-0.1, -0.05) is 18.2 Å². The lowest BCUT2D eigenvalue weighted by Gasteiger charge is -2.27. The van der Waals surface area contributed by atoms with E-state index in [-0.39, 0.29) is 29.8 Å². The molecule has 0 saturated carbocycles. The fraction of sp³-hybridized carbons (Fsp3) is 0.500. The number of thioether (sulfide) groups is 1. The van der Waals surface area contributed by atoms with Gasteiger partial charge in [0.1, 0.15) is 6.54 Å². The van der Waals surface area contributed by atoms with Crippen molar-refractivity contribution in [1.82, 2.24) is 14.5 Å². The van der Waals surface area contributed by atoms with Crippen LogP contribution >= 0.6 is 11.8 Å². The number of rotatable bonds is 6. The van der Waals surface area contributed by atoms with Crippen molar-refractivity contribution in [3.63, 3.8) is 0 Å². The first-order valence-electron chi connectivity index (χ1n) is 8.26. The molecule has 3 rings (SSSR count). The van der Waals surface area contributed by atoms with Crippen LogP contribution in [-0.2, 0) is 30.9 Å². The van der Waals surface area contributed by atoms with Crippen LogP contribution in [0.1, 0.15) is 5.56 Å². The van der Waals surface area contributed by atoms with Gasteiger partial charge < -0.3 is 15.0 Å². The van der Waals surface area contributed by atoms with E-state index in [0.29, 0.717) is 43.5 Å². The molecular formula is C16H21N3O5S2. The van der Waals surface area contributed by atoms with Crippen LogP contribution in [0.25, 0.3) is 0 Å². The molecule has 0 unspecified atom stereocenters. The van der Waals surface area contributed by atoms with Crippen molar-refractivity contribution in [2.24, 2.45) is 0 Å². The molecule has 0 spiro atoms. The number of hydrogen-bond acceptors (Lipinski definition) is 6. The van der Waals surface area contributed by atoms with Gasteiger partial charge in [0.2, 0.25) is 21.8 Å². The first kappa shape index (κ1) is 19.2. The minimum atomic E-state index is -3.64. The minimum Gasteiger partial charge on any atom is -0.379 e. The van der Waals surface area contributed by atoms with Gasteiger partial charge in [0, 0.05) is 19.6 Å². The predicted octanol–water partition coefficient (Wildman–Crippen LogP) is -0.143. The Morgan fingerprint density at radius 3 is 2.65 bits per heavy atom. The minimum absolute atomic E-state index is 0.00971. The third kappa shape index (κ3) is 4.37. The fourth-order valence-corrected chi connectivity index (χ4v) is 5.33. The zero-order valence-electron chi connectivity index (χ0n) is 14.2. The van der Waals surface area contributed by atoms with E-state index >= 15 is 0 Å². The number of nitrogens with one attached hydrogen (secondary N) is 1. The molecule has 1 aromatic rings. The second-order valence-corrected chi connectivity index (χ2v) is 8.83. The van der Waals surface area contributed by atoms with E-state index in [9.17, 15) is 18.0 Å². The molecule has 0 aromatic heterocycles. The number of morpholine rings is 1. The second kappa shape index (κ2) is 8.38. The van der Waals surface area contributed by atoms with E-state index in [4.69, 9.17) is 4.74 Å². The van der Waals surface area contributed by atoms with E-state index < -0.39 is 10.0 Å². The fourth-order valence-electron chi connectivity index (χ4n) is 2.79. The molecule has 0 atom stereocenters. The van der Waals surface area contributed by atoms with Gasteiger partial charge in [-0.3, -0.25) is 9.59 Å². The molecule has 8 nitrogen and oxygen atoms in total. The number of amides is 2. The van der Waals surface area contributed by atoms with Gasteiger partial charge in [0.15, 0.2) is 0 Å². The van der Waals surface area contributed by atoms with Crippen LogP contribution in [-0.4, -0.2) is 73.9 Å². The SMILES string of the molecule is O=C(CN1CSCC1=O)NCc1ccccc1S(=O)(=O)N1CCOCC1. The summed E-state index contributed by atoms with van der Waals surface area (Å²) in [6.07, 6.45) is 0. The van der Waals surface area contributed by atoms with E-state index in [1.165, 1.54) is 21.0 Å². The Labute approximate surface area is 156 Å². The molecule has 0 radical (unpaired) electrons. The van der Waals surface area contributed by atoms with Gasteiger partial charge in [-0.25, -0.2) is 8.42 Å². The van der Waals surface area contributed by atoms with E-state index in [0.717, 1.165) is 0 Å². The normalized spacial score (nSPS) is 18.9. The third-order valence-corrected chi connectivity index (χ3v) is 7.14. The van der Waals surface area contributed by atoms with Crippen LogP contribution in [0.5, 0.6) is 0 Å². The summed E-state index contributed by atoms with van der Waals surface area (Å²) in [7, 11) is -3.64. The topological polar surface area (TPSA) is 96.0 Å². The van der Waals surface area contributed by atoms with E-state index in [1.807, 2.05) is 0 Å². The molecule has 2 aliphatic heterocycles. The van der Waals surface area contributed by atoms with Crippen LogP contribution in [0.3, 0.4) is 0 Å². The second-order valence-electron chi connectivity index (χ2n) is 5.97. The van der Waals surface area contributed by atoms with Gasteiger partial charge in [0.05, 0.1) is 29.7 Å². The monoisotopic (exact) mass is 399 g/mol. The summed E-state index contributed by atoms with van der Waals surface area (Å²) < 4.78 is 32.4. The molecule has 2 amide bonds. The number of benzene rings is 1. The largest absolute Gasteiger partial charge is 0.379 e. The number of ether oxygens (including phenoxy) is 1. The van der Waals surface area contributed by atoms with Gasteiger partial charge in [0.25, 0.3) is 0 Å². The standard InChI is InChI=1S/C16H21N3O5S2/c20-15(10-18-12-25-11-16(18)21)17-9-13-3-1-2-4-14(13)26(22,23)19-5-7-24-8-6-19/h1-4H,5-12H2,(H,17,20). The number of hydrogen-bond donors (Lipinski definition) is 1. The molecule has 2 fully saturated rings. The maximum absolute atomic E-state index is 12.9. The Balaban J connectivity index is 1.67. The maximum Gasteiger partial charge on any atom is 0.243 e. The smallest absolute Gasteiger partial charge is 0.243 e. The van der Waals surface area contributed by atoms with Crippen molar-refractivity contribution in [3.8, 4) is 0 Å². The highest BCUT2D eigenvalue weighted by molar-refractivity contribution is 8.00. The lowest BCUT2D eigenvalue weighted by molar-refractivity contribution is -0.132. The first-order chi connectivity index (χ1) is 12.5. The summed E-state index contributed by atoms with van der Waals surface area (Å²) in [6, 6.07) is 6.64. The van der Waals surface area contributed by atoms with Crippen LogP contribution in [0.15, 0.2) is 29.2 Å². The summed E-state index contributed by atoms with van der Waals surface area (Å²) in [5.41, 5.74) is 0.523. The first-order valence-corrected chi connectivity index (χ1v) is 10.9. The summed E-state index contributed by atoms with van der Waals surface area (Å²) in [5.74, 6) is 0.544. The van der Waals surface area contributed by atoms with Crippen molar-refractivity contribution in [1.29, 1.82) is 0 Å². The van der Waals surface area contributed by atoms with E-state index in [1.54, 1.807) is 24.3 Å². The molecule has 1 N–H and O–H groups in total. The van der Waals surface area contributed by atoms with Gasteiger partial charge in [-0.15, -0.1) is 11.8 Å². The Bertz CT molecular complexity index is 778. The highest BCUT2D eigenvalue weighted by Gasteiger charge is 2.28. The zero-order valence-corrected chi connectivity index (χ0v) is 15.9. The van der Waals surface area contributed by atoms with Crippen LogP contribution in [0.4, 0.5) is 0 Å². The van der Waals surface area contributed by atoms with Crippen molar-refractivity contribution < 1.29 is 22.7 Å². The number of sulfonamides is 1. The molecule has 2 heterocycles. The van der Waals surface area contributed by atoms with Crippen molar-refractivity contribution in [2.75, 3.05) is 44.5 Å². The lowest BCUT2D eigenvalue weighted by Crippen LogP contribution is -2.41. The Morgan fingerprint density at radius 2 is 1.96 bits per heavy atom. The van der Waals surface area contributed by atoms with Gasteiger partial charge in [-0.2, -0.15) is 4.31 Å². The molecule has 10 heteroatoms. The molecule has 142 valence electrons. The highest BCUT2D eigenvalue weighted by Crippen LogP contribution is 2.21. The van der Waals surface area contributed by atoms with E-state index in [2.05, 4.69) is 5.32 Å². The zero-order chi connectivity index (χ0) is 18.6. The summed E-state index contributed by atoms with van der Waals surface area (Å²) in [4.78, 5) is 25.3. The Hall–Kier alpha value is -1.62. The molecule has 1 aromatic carbocycles. The van der Waals surface area contributed by atoms with Gasteiger partial charge in [-0.05, 0) is 11.6 Å². The average Bonchev–Trinajstić information content (AvgIpc) is 3.05. The predicted molar refractivity (Wildman–Crippen MR) is 96.9 cm³/mol. The third-order valence-electron chi connectivity index (χ3n) is 4.20. The van der Waals surface area contributed by atoms with Crippen molar-refractivity contribution in [3.05, 3.63) is 29.8 Å². The molecule has 2 aliphatic rings.